The van der Waals surface area contributed by atoms with Crippen molar-refractivity contribution in [1.29, 1.82) is 0 Å². The molecule has 1 heterocycles. The number of nitrogens with zero attached hydrogens (tertiary/aromatic N) is 1. The summed E-state index contributed by atoms with van der Waals surface area (Å²) < 4.78 is 0. The van der Waals surface area contributed by atoms with Crippen LogP contribution in [0.25, 0.3) is 0 Å². The van der Waals surface area contributed by atoms with E-state index in [9.17, 15) is 5.11 Å². The first-order chi connectivity index (χ1) is 9.22. The van der Waals surface area contributed by atoms with Gasteiger partial charge in [-0.2, -0.15) is 0 Å². The SMILES string of the molecule is CCC1CCC(O)C(N2CCC3(CCCC3)CC2)C1. The Balaban J connectivity index is 1.57. The zero-order chi connectivity index (χ0) is 13.3. The van der Waals surface area contributed by atoms with Gasteiger partial charge in [-0.1, -0.05) is 26.2 Å². The maximum absolute atomic E-state index is 10.3. The van der Waals surface area contributed by atoms with Gasteiger partial charge in [-0.3, -0.25) is 4.90 Å². The molecule has 3 aliphatic rings. The van der Waals surface area contributed by atoms with E-state index in [0.29, 0.717) is 11.5 Å². The molecular weight excluding hydrogens is 234 g/mol. The average Bonchev–Trinajstić information content (AvgIpc) is 2.89. The Labute approximate surface area is 118 Å². The molecule has 2 heteroatoms. The fourth-order valence-corrected chi connectivity index (χ4v) is 4.93. The maximum atomic E-state index is 10.3. The van der Waals surface area contributed by atoms with E-state index in [-0.39, 0.29) is 6.10 Å². The minimum atomic E-state index is -0.0552. The molecule has 1 N–H and O–H groups in total. The molecule has 2 nitrogen and oxygen atoms in total. The van der Waals surface area contributed by atoms with E-state index in [1.54, 1.807) is 0 Å². The van der Waals surface area contributed by atoms with Crippen LogP contribution in [0.3, 0.4) is 0 Å². The Morgan fingerprint density at radius 1 is 1.05 bits per heavy atom. The third kappa shape index (κ3) is 2.85. The second-order valence-corrected chi connectivity index (χ2v) is 7.47. The molecule has 110 valence electrons. The highest BCUT2D eigenvalue weighted by Gasteiger charge is 2.40. The summed E-state index contributed by atoms with van der Waals surface area (Å²) in [7, 11) is 0. The first-order valence-electron chi connectivity index (χ1n) is 8.64. The molecule has 2 aliphatic carbocycles. The molecule has 3 atom stereocenters. The summed E-state index contributed by atoms with van der Waals surface area (Å²) in [4.78, 5) is 2.63. The van der Waals surface area contributed by atoms with Gasteiger partial charge in [-0.25, -0.2) is 0 Å². The lowest BCUT2D eigenvalue weighted by atomic mass is 9.75. The number of piperidine rings is 1. The summed E-state index contributed by atoms with van der Waals surface area (Å²) in [5.41, 5.74) is 0.709. The molecule has 0 amide bonds. The smallest absolute Gasteiger partial charge is 0.0695 e. The van der Waals surface area contributed by atoms with Crippen LogP contribution in [0.4, 0.5) is 0 Å². The van der Waals surface area contributed by atoms with Crippen molar-refractivity contribution in [2.45, 2.75) is 83.3 Å². The van der Waals surface area contributed by atoms with Gasteiger partial charge in [0.15, 0.2) is 0 Å². The van der Waals surface area contributed by atoms with E-state index < -0.39 is 0 Å². The quantitative estimate of drug-likeness (QED) is 0.825. The lowest BCUT2D eigenvalue weighted by Gasteiger charge is -2.46. The highest BCUT2D eigenvalue weighted by Crippen LogP contribution is 2.47. The largest absolute Gasteiger partial charge is 0.391 e. The van der Waals surface area contributed by atoms with Crippen molar-refractivity contribution in [1.82, 2.24) is 4.90 Å². The van der Waals surface area contributed by atoms with Gasteiger partial charge in [0.25, 0.3) is 0 Å². The van der Waals surface area contributed by atoms with Crippen LogP contribution in [-0.4, -0.2) is 35.2 Å². The molecule has 1 aliphatic heterocycles. The minimum Gasteiger partial charge on any atom is -0.391 e. The van der Waals surface area contributed by atoms with Crippen LogP contribution >= 0.6 is 0 Å². The summed E-state index contributed by atoms with van der Waals surface area (Å²) in [5, 5.41) is 10.3. The normalized spacial score (nSPS) is 39.8. The van der Waals surface area contributed by atoms with Crippen molar-refractivity contribution in [2.75, 3.05) is 13.1 Å². The molecule has 3 rings (SSSR count). The first kappa shape index (κ1) is 13.9. The van der Waals surface area contributed by atoms with Crippen LogP contribution in [0, 0.1) is 11.3 Å². The molecule has 0 aromatic rings. The molecule has 2 saturated carbocycles. The molecule has 1 saturated heterocycles. The number of aliphatic hydroxyl groups is 1. The number of hydrogen-bond donors (Lipinski definition) is 1. The monoisotopic (exact) mass is 265 g/mol. The number of rotatable bonds is 2. The number of aliphatic hydroxyl groups excluding tert-OH is 1. The molecule has 3 unspecified atom stereocenters. The highest BCUT2D eigenvalue weighted by molar-refractivity contribution is 4.94. The van der Waals surface area contributed by atoms with Crippen LogP contribution in [-0.2, 0) is 0 Å². The Morgan fingerprint density at radius 3 is 2.37 bits per heavy atom. The summed E-state index contributed by atoms with van der Waals surface area (Å²) in [6.07, 6.45) is 13.4. The van der Waals surface area contributed by atoms with Crippen molar-refractivity contribution in [3.8, 4) is 0 Å². The molecule has 1 spiro atoms. The van der Waals surface area contributed by atoms with E-state index in [2.05, 4.69) is 11.8 Å². The molecule has 0 bridgehead atoms. The van der Waals surface area contributed by atoms with Gasteiger partial charge in [-0.15, -0.1) is 0 Å². The number of likely N-dealkylation sites (tertiary alicyclic amines) is 1. The lowest BCUT2D eigenvalue weighted by Crippen LogP contribution is -2.51. The van der Waals surface area contributed by atoms with Gasteiger partial charge in [0.1, 0.15) is 0 Å². The fraction of sp³-hybridized carbons (Fsp3) is 1.00. The standard InChI is InChI=1S/C17H31NO/c1-2-14-5-6-16(19)15(13-14)18-11-9-17(10-12-18)7-3-4-8-17/h14-16,19H,2-13H2,1H3. The van der Waals surface area contributed by atoms with E-state index in [1.807, 2.05) is 0 Å². The van der Waals surface area contributed by atoms with Gasteiger partial charge in [0, 0.05) is 6.04 Å². The van der Waals surface area contributed by atoms with Crippen LogP contribution in [0.1, 0.15) is 71.1 Å². The van der Waals surface area contributed by atoms with Crippen molar-refractivity contribution >= 4 is 0 Å². The van der Waals surface area contributed by atoms with E-state index in [0.717, 1.165) is 12.3 Å². The van der Waals surface area contributed by atoms with Crippen LogP contribution < -0.4 is 0 Å². The average molecular weight is 265 g/mol. The molecule has 19 heavy (non-hydrogen) atoms. The van der Waals surface area contributed by atoms with Gasteiger partial charge < -0.3 is 5.11 Å². The van der Waals surface area contributed by atoms with Crippen LogP contribution in [0.15, 0.2) is 0 Å². The van der Waals surface area contributed by atoms with Gasteiger partial charge in [0.2, 0.25) is 0 Å². The Kier molecular flexibility index (Phi) is 4.19. The first-order valence-corrected chi connectivity index (χ1v) is 8.64. The number of hydrogen-bond acceptors (Lipinski definition) is 2. The third-order valence-corrected chi connectivity index (χ3v) is 6.46. The van der Waals surface area contributed by atoms with Gasteiger partial charge in [-0.05, 0) is 69.4 Å². The Morgan fingerprint density at radius 2 is 1.74 bits per heavy atom. The molecule has 0 radical (unpaired) electrons. The summed E-state index contributed by atoms with van der Waals surface area (Å²) in [6, 6.07) is 0.470. The third-order valence-electron chi connectivity index (χ3n) is 6.46. The van der Waals surface area contributed by atoms with Crippen molar-refractivity contribution in [3.63, 3.8) is 0 Å². The second kappa shape index (κ2) is 5.73. The summed E-state index contributed by atoms with van der Waals surface area (Å²) in [5.74, 6) is 0.857. The topological polar surface area (TPSA) is 23.5 Å². The fourth-order valence-electron chi connectivity index (χ4n) is 4.93. The zero-order valence-electron chi connectivity index (χ0n) is 12.6. The van der Waals surface area contributed by atoms with Gasteiger partial charge >= 0.3 is 0 Å². The summed E-state index contributed by atoms with van der Waals surface area (Å²) >= 11 is 0. The Bertz CT molecular complexity index is 288. The van der Waals surface area contributed by atoms with Crippen LogP contribution in [0.5, 0.6) is 0 Å². The molecule has 0 aromatic carbocycles. The maximum Gasteiger partial charge on any atom is 0.0695 e. The molecule has 0 aromatic heterocycles. The molecular formula is C17H31NO. The van der Waals surface area contributed by atoms with Crippen molar-refractivity contribution < 1.29 is 5.11 Å². The zero-order valence-corrected chi connectivity index (χ0v) is 12.6. The Hall–Kier alpha value is -0.0800. The predicted octanol–water partition coefficient (Wildman–Crippen LogP) is 3.58. The van der Waals surface area contributed by atoms with E-state index >= 15 is 0 Å². The highest BCUT2D eigenvalue weighted by atomic mass is 16.3. The second-order valence-electron chi connectivity index (χ2n) is 7.47. The minimum absolute atomic E-state index is 0.0552. The van der Waals surface area contributed by atoms with Crippen LogP contribution in [0.2, 0.25) is 0 Å². The molecule has 3 fully saturated rings. The van der Waals surface area contributed by atoms with Gasteiger partial charge in [0.05, 0.1) is 6.10 Å². The van der Waals surface area contributed by atoms with E-state index in [1.165, 1.54) is 70.9 Å². The van der Waals surface area contributed by atoms with E-state index in [4.69, 9.17) is 0 Å². The summed E-state index contributed by atoms with van der Waals surface area (Å²) in [6.45, 7) is 4.81. The predicted molar refractivity (Wildman–Crippen MR) is 79.1 cm³/mol. The van der Waals surface area contributed by atoms with Crippen molar-refractivity contribution in [2.24, 2.45) is 11.3 Å². The van der Waals surface area contributed by atoms with Crippen molar-refractivity contribution in [3.05, 3.63) is 0 Å². The lowest BCUT2D eigenvalue weighted by molar-refractivity contribution is -0.0242.